The van der Waals surface area contributed by atoms with Crippen molar-refractivity contribution in [3.05, 3.63) is 63.9 Å². The minimum atomic E-state index is -0.402. The van der Waals surface area contributed by atoms with Crippen LogP contribution in [0.1, 0.15) is 18.8 Å². The number of halogens is 1. The zero-order valence-corrected chi connectivity index (χ0v) is 12.1. The fraction of sp³-hybridized carbons (Fsp3) is 0.133. The van der Waals surface area contributed by atoms with Gasteiger partial charge >= 0.3 is 0 Å². The first-order chi connectivity index (χ1) is 10.1. The Morgan fingerprint density at radius 2 is 2.10 bits per heavy atom. The molecule has 0 saturated heterocycles. The Morgan fingerprint density at radius 1 is 1.29 bits per heavy atom. The van der Waals surface area contributed by atoms with E-state index in [2.05, 4.69) is 9.97 Å². The van der Waals surface area contributed by atoms with Gasteiger partial charge in [0.15, 0.2) is 0 Å². The minimum absolute atomic E-state index is 0.245. The van der Waals surface area contributed by atoms with Gasteiger partial charge in [-0.3, -0.25) is 14.3 Å². The van der Waals surface area contributed by atoms with E-state index < -0.39 is 6.04 Å². The number of nitrogens with two attached hydrogens (primary N) is 1. The Kier molecular flexibility index (Phi) is 3.45. The Bertz CT molecular complexity index is 859. The third-order valence-electron chi connectivity index (χ3n) is 3.18. The third kappa shape index (κ3) is 2.30. The molecule has 0 spiro atoms. The summed E-state index contributed by atoms with van der Waals surface area (Å²) in [5, 5.41) is 0.756. The monoisotopic (exact) mass is 300 g/mol. The van der Waals surface area contributed by atoms with E-state index in [1.54, 1.807) is 49.6 Å². The molecule has 2 heterocycles. The fourth-order valence-corrected chi connectivity index (χ4v) is 2.50. The fourth-order valence-electron chi connectivity index (χ4n) is 2.25. The number of hydrogen-bond donors (Lipinski definition) is 1. The van der Waals surface area contributed by atoms with Crippen molar-refractivity contribution in [3.63, 3.8) is 0 Å². The first-order valence-electron chi connectivity index (χ1n) is 6.46. The summed E-state index contributed by atoms with van der Waals surface area (Å²) >= 11 is 6.15. The summed E-state index contributed by atoms with van der Waals surface area (Å²) in [6.45, 7) is 1.78. The van der Waals surface area contributed by atoms with E-state index in [1.807, 2.05) is 0 Å². The summed E-state index contributed by atoms with van der Waals surface area (Å²) in [5.41, 5.74) is 6.89. The molecule has 0 aliphatic carbocycles. The SMILES string of the molecule is CC(N)c1nc2cccc(Cl)c2c(=O)n1-c1cccnc1. The Balaban J connectivity index is 2.47. The van der Waals surface area contributed by atoms with Gasteiger partial charge in [0.05, 0.1) is 33.9 Å². The normalized spacial score (nSPS) is 12.5. The van der Waals surface area contributed by atoms with Gasteiger partial charge in [0.25, 0.3) is 5.56 Å². The van der Waals surface area contributed by atoms with Crippen LogP contribution in [-0.4, -0.2) is 14.5 Å². The molecular weight excluding hydrogens is 288 g/mol. The number of hydrogen-bond acceptors (Lipinski definition) is 4. The molecule has 5 nitrogen and oxygen atoms in total. The van der Waals surface area contributed by atoms with Crippen LogP contribution in [0, 0.1) is 0 Å². The smallest absolute Gasteiger partial charge is 0.267 e. The van der Waals surface area contributed by atoms with Crippen molar-refractivity contribution in [3.8, 4) is 5.69 Å². The lowest BCUT2D eigenvalue weighted by molar-refractivity contribution is 0.695. The molecule has 0 aliphatic rings. The zero-order chi connectivity index (χ0) is 15.0. The number of aromatic nitrogens is 3. The van der Waals surface area contributed by atoms with E-state index in [9.17, 15) is 4.79 Å². The largest absolute Gasteiger partial charge is 0.322 e. The van der Waals surface area contributed by atoms with Crippen molar-refractivity contribution in [1.82, 2.24) is 14.5 Å². The predicted molar refractivity (Wildman–Crippen MR) is 82.7 cm³/mol. The molecule has 0 amide bonds. The maximum Gasteiger partial charge on any atom is 0.267 e. The number of benzene rings is 1. The Morgan fingerprint density at radius 3 is 2.76 bits per heavy atom. The zero-order valence-electron chi connectivity index (χ0n) is 11.3. The third-order valence-corrected chi connectivity index (χ3v) is 3.50. The molecule has 0 radical (unpaired) electrons. The van der Waals surface area contributed by atoms with Crippen LogP contribution in [0.2, 0.25) is 5.02 Å². The molecule has 0 saturated carbocycles. The second-order valence-electron chi connectivity index (χ2n) is 4.74. The molecule has 3 rings (SSSR count). The second kappa shape index (κ2) is 5.27. The van der Waals surface area contributed by atoms with Gasteiger partial charge in [0.2, 0.25) is 0 Å². The maximum absolute atomic E-state index is 12.8. The lowest BCUT2D eigenvalue weighted by Gasteiger charge is -2.15. The van der Waals surface area contributed by atoms with Crippen LogP contribution < -0.4 is 11.3 Å². The first kappa shape index (κ1) is 13.7. The molecule has 2 aromatic heterocycles. The number of fused-ring (bicyclic) bond motifs is 1. The van der Waals surface area contributed by atoms with Crippen LogP contribution >= 0.6 is 11.6 Å². The molecule has 1 atom stereocenters. The average Bonchev–Trinajstić information content (AvgIpc) is 2.47. The van der Waals surface area contributed by atoms with E-state index in [-0.39, 0.29) is 5.56 Å². The second-order valence-corrected chi connectivity index (χ2v) is 5.15. The average molecular weight is 301 g/mol. The van der Waals surface area contributed by atoms with Gasteiger partial charge in [0.1, 0.15) is 5.82 Å². The predicted octanol–water partition coefficient (Wildman–Crippen LogP) is 2.45. The van der Waals surface area contributed by atoms with Crippen LogP contribution in [0.25, 0.3) is 16.6 Å². The lowest BCUT2D eigenvalue weighted by atomic mass is 10.2. The van der Waals surface area contributed by atoms with Crippen molar-refractivity contribution in [2.24, 2.45) is 5.73 Å². The molecule has 0 aliphatic heterocycles. The van der Waals surface area contributed by atoms with Gasteiger partial charge in [-0.2, -0.15) is 0 Å². The van der Waals surface area contributed by atoms with Crippen molar-refractivity contribution in [2.75, 3.05) is 0 Å². The van der Waals surface area contributed by atoms with E-state index >= 15 is 0 Å². The van der Waals surface area contributed by atoms with Crippen molar-refractivity contribution >= 4 is 22.5 Å². The van der Waals surface area contributed by atoms with Gasteiger partial charge in [-0.1, -0.05) is 17.7 Å². The molecule has 6 heteroatoms. The maximum atomic E-state index is 12.8. The van der Waals surface area contributed by atoms with E-state index in [0.717, 1.165) is 0 Å². The number of rotatable bonds is 2. The van der Waals surface area contributed by atoms with Crippen LogP contribution in [0.5, 0.6) is 0 Å². The summed E-state index contributed by atoms with van der Waals surface area (Å²) in [6.07, 6.45) is 3.24. The van der Waals surface area contributed by atoms with E-state index in [4.69, 9.17) is 17.3 Å². The molecule has 1 aromatic carbocycles. The summed E-state index contributed by atoms with van der Waals surface area (Å²) in [6, 6.07) is 8.32. The Labute approximate surface area is 126 Å². The topological polar surface area (TPSA) is 73.8 Å². The highest BCUT2D eigenvalue weighted by Crippen LogP contribution is 2.21. The highest BCUT2D eigenvalue weighted by molar-refractivity contribution is 6.35. The number of nitrogens with zero attached hydrogens (tertiary/aromatic N) is 3. The van der Waals surface area contributed by atoms with E-state index in [0.29, 0.717) is 27.4 Å². The minimum Gasteiger partial charge on any atom is -0.322 e. The van der Waals surface area contributed by atoms with Gasteiger partial charge in [-0.25, -0.2) is 4.98 Å². The van der Waals surface area contributed by atoms with Crippen LogP contribution in [0.3, 0.4) is 0 Å². The summed E-state index contributed by atoms with van der Waals surface area (Å²) in [7, 11) is 0. The molecule has 0 fully saturated rings. The van der Waals surface area contributed by atoms with Crippen molar-refractivity contribution in [2.45, 2.75) is 13.0 Å². The quantitative estimate of drug-likeness (QED) is 0.789. The molecular formula is C15H13ClN4O. The highest BCUT2D eigenvalue weighted by Gasteiger charge is 2.17. The van der Waals surface area contributed by atoms with Crippen molar-refractivity contribution < 1.29 is 0 Å². The molecule has 0 bridgehead atoms. The van der Waals surface area contributed by atoms with E-state index in [1.165, 1.54) is 4.57 Å². The molecule has 21 heavy (non-hydrogen) atoms. The highest BCUT2D eigenvalue weighted by atomic mass is 35.5. The summed E-state index contributed by atoms with van der Waals surface area (Å²) < 4.78 is 1.46. The molecule has 3 aromatic rings. The number of pyridine rings is 1. The molecule has 1 unspecified atom stereocenters. The van der Waals surface area contributed by atoms with Crippen LogP contribution in [0.4, 0.5) is 0 Å². The standard InChI is InChI=1S/C15H13ClN4O/c1-9(17)14-19-12-6-2-5-11(16)13(12)15(21)20(14)10-4-3-7-18-8-10/h2-9H,17H2,1H3. The van der Waals surface area contributed by atoms with Gasteiger partial charge in [0, 0.05) is 6.20 Å². The van der Waals surface area contributed by atoms with Crippen LogP contribution in [-0.2, 0) is 0 Å². The molecule has 106 valence electrons. The van der Waals surface area contributed by atoms with Crippen LogP contribution in [0.15, 0.2) is 47.5 Å². The molecule has 2 N–H and O–H groups in total. The lowest BCUT2D eigenvalue weighted by Crippen LogP contribution is -2.27. The summed E-state index contributed by atoms with van der Waals surface area (Å²) in [5.74, 6) is 0.475. The summed E-state index contributed by atoms with van der Waals surface area (Å²) in [4.78, 5) is 21.4. The van der Waals surface area contributed by atoms with Gasteiger partial charge in [-0.15, -0.1) is 0 Å². The van der Waals surface area contributed by atoms with Gasteiger partial charge < -0.3 is 5.73 Å². The van der Waals surface area contributed by atoms with Crippen molar-refractivity contribution in [1.29, 1.82) is 0 Å². The Hall–Kier alpha value is -2.24. The first-order valence-corrected chi connectivity index (χ1v) is 6.84. The van der Waals surface area contributed by atoms with Gasteiger partial charge in [-0.05, 0) is 31.2 Å².